The Kier molecular flexibility index (Phi) is 8.59. The van der Waals surface area contributed by atoms with E-state index in [9.17, 15) is 0 Å². The van der Waals surface area contributed by atoms with Gasteiger partial charge in [-0.15, -0.1) is 6.58 Å². The second-order valence-electron chi connectivity index (χ2n) is 3.80. The monoisotopic (exact) mass is 197 g/mol. The van der Waals surface area contributed by atoms with Crippen LogP contribution in [0, 0.1) is 0 Å². The van der Waals surface area contributed by atoms with Crippen molar-refractivity contribution in [1.29, 1.82) is 0 Å². The van der Waals surface area contributed by atoms with Gasteiger partial charge in [0.15, 0.2) is 0 Å². The molecule has 0 aromatic heterocycles. The molecule has 2 heteroatoms. The first-order chi connectivity index (χ1) is 6.66. The SMILES string of the molecule is C=C(C)CCC/C=C(\C)CNCCO. The molecule has 0 spiro atoms. The predicted octanol–water partition coefficient (Wildman–Crippen LogP) is 2.26. The average Bonchev–Trinajstić information content (AvgIpc) is 2.13. The maximum atomic E-state index is 8.56. The van der Waals surface area contributed by atoms with Crippen LogP contribution in [-0.4, -0.2) is 24.8 Å². The third kappa shape index (κ3) is 9.49. The Labute approximate surface area is 87.7 Å². The van der Waals surface area contributed by atoms with Crippen LogP contribution in [0.1, 0.15) is 33.1 Å². The van der Waals surface area contributed by atoms with Gasteiger partial charge in [-0.3, -0.25) is 0 Å². The van der Waals surface area contributed by atoms with Crippen LogP contribution < -0.4 is 5.32 Å². The molecule has 2 N–H and O–H groups in total. The number of aliphatic hydroxyl groups is 1. The Morgan fingerprint density at radius 1 is 1.43 bits per heavy atom. The number of hydrogen-bond acceptors (Lipinski definition) is 2. The van der Waals surface area contributed by atoms with Crippen LogP contribution in [0.4, 0.5) is 0 Å². The van der Waals surface area contributed by atoms with E-state index in [4.69, 9.17) is 5.11 Å². The zero-order valence-electron chi connectivity index (χ0n) is 9.47. The van der Waals surface area contributed by atoms with Crippen molar-refractivity contribution in [2.45, 2.75) is 33.1 Å². The van der Waals surface area contributed by atoms with E-state index in [1.807, 2.05) is 0 Å². The minimum Gasteiger partial charge on any atom is -0.395 e. The molecule has 0 atom stereocenters. The molecule has 0 heterocycles. The van der Waals surface area contributed by atoms with Gasteiger partial charge in [-0.25, -0.2) is 0 Å². The third-order valence-corrected chi connectivity index (χ3v) is 1.99. The molecule has 0 unspecified atom stereocenters. The van der Waals surface area contributed by atoms with Crippen LogP contribution in [0.25, 0.3) is 0 Å². The molecule has 0 amide bonds. The van der Waals surface area contributed by atoms with Crippen molar-refractivity contribution in [3.05, 3.63) is 23.8 Å². The van der Waals surface area contributed by atoms with Gasteiger partial charge in [0.25, 0.3) is 0 Å². The summed E-state index contributed by atoms with van der Waals surface area (Å²) in [5, 5.41) is 11.7. The molecular formula is C12H23NO. The van der Waals surface area contributed by atoms with E-state index in [-0.39, 0.29) is 6.61 Å². The number of hydrogen-bond donors (Lipinski definition) is 2. The van der Waals surface area contributed by atoms with Crippen molar-refractivity contribution in [2.24, 2.45) is 0 Å². The van der Waals surface area contributed by atoms with Gasteiger partial charge in [-0.2, -0.15) is 0 Å². The van der Waals surface area contributed by atoms with E-state index in [2.05, 4.69) is 31.8 Å². The normalized spacial score (nSPS) is 11.8. The van der Waals surface area contributed by atoms with Crippen LogP contribution in [0.3, 0.4) is 0 Å². The van der Waals surface area contributed by atoms with Gasteiger partial charge in [0.05, 0.1) is 6.61 Å². The number of unbranched alkanes of at least 4 members (excludes halogenated alkanes) is 1. The first-order valence-electron chi connectivity index (χ1n) is 5.28. The highest BCUT2D eigenvalue weighted by atomic mass is 16.3. The summed E-state index contributed by atoms with van der Waals surface area (Å²) in [5.74, 6) is 0. The van der Waals surface area contributed by atoms with Gasteiger partial charge in [0.2, 0.25) is 0 Å². The minimum absolute atomic E-state index is 0.211. The highest BCUT2D eigenvalue weighted by Gasteiger charge is 1.90. The van der Waals surface area contributed by atoms with Gasteiger partial charge < -0.3 is 10.4 Å². The van der Waals surface area contributed by atoms with Crippen LogP contribution >= 0.6 is 0 Å². The number of nitrogens with one attached hydrogen (secondary N) is 1. The van der Waals surface area contributed by atoms with Crippen LogP contribution in [-0.2, 0) is 0 Å². The lowest BCUT2D eigenvalue weighted by Gasteiger charge is -2.03. The van der Waals surface area contributed by atoms with Gasteiger partial charge in [-0.1, -0.05) is 17.2 Å². The molecule has 0 radical (unpaired) electrons. The maximum absolute atomic E-state index is 8.56. The second kappa shape index (κ2) is 8.97. The van der Waals surface area contributed by atoms with Gasteiger partial charge in [-0.05, 0) is 33.1 Å². The van der Waals surface area contributed by atoms with Crippen LogP contribution in [0.15, 0.2) is 23.8 Å². The predicted molar refractivity (Wildman–Crippen MR) is 62.4 cm³/mol. The highest BCUT2D eigenvalue weighted by Crippen LogP contribution is 2.05. The number of allylic oxidation sites excluding steroid dienone is 2. The molecule has 0 saturated heterocycles. The average molecular weight is 197 g/mol. The Morgan fingerprint density at radius 3 is 2.71 bits per heavy atom. The topological polar surface area (TPSA) is 32.3 Å². The van der Waals surface area contributed by atoms with Crippen molar-refractivity contribution in [2.75, 3.05) is 19.7 Å². The molecule has 14 heavy (non-hydrogen) atoms. The Morgan fingerprint density at radius 2 is 2.14 bits per heavy atom. The molecule has 82 valence electrons. The van der Waals surface area contributed by atoms with Gasteiger partial charge >= 0.3 is 0 Å². The summed E-state index contributed by atoms with van der Waals surface area (Å²) in [6.07, 6.45) is 5.69. The summed E-state index contributed by atoms with van der Waals surface area (Å²) in [6.45, 7) is 9.83. The molecule has 0 bridgehead atoms. The summed E-state index contributed by atoms with van der Waals surface area (Å²) in [5.41, 5.74) is 2.61. The molecule has 0 aromatic rings. The quantitative estimate of drug-likeness (QED) is 0.462. The fraction of sp³-hybridized carbons (Fsp3) is 0.667. The van der Waals surface area contributed by atoms with E-state index >= 15 is 0 Å². The van der Waals surface area contributed by atoms with Gasteiger partial charge in [0.1, 0.15) is 0 Å². The summed E-state index contributed by atoms with van der Waals surface area (Å²) in [6, 6.07) is 0. The molecule has 0 fully saturated rings. The number of rotatable bonds is 8. The molecular weight excluding hydrogens is 174 g/mol. The Hall–Kier alpha value is -0.600. The van der Waals surface area contributed by atoms with Crippen molar-refractivity contribution in [3.63, 3.8) is 0 Å². The van der Waals surface area contributed by atoms with E-state index in [0.29, 0.717) is 6.54 Å². The Bertz CT molecular complexity index is 185. The molecule has 0 aliphatic carbocycles. The van der Waals surface area contributed by atoms with Crippen LogP contribution in [0.2, 0.25) is 0 Å². The largest absolute Gasteiger partial charge is 0.395 e. The van der Waals surface area contributed by atoms with Crippen molar-refractivity contribution < 1.29 is 5.11 Å². The summed E-state index contributed by atoms with van der Waals surface area (Å²) in [7, 11) is 0. The zero-order chi connectivity index (χ0) is 10.8. The molecule has 0 aliphatic rings. The van der Waals surface area contributed by atoms with Gasteiger partial charge in [0, 0.05) is 13.1 Å². The van der Waals surface area contributed by atoms with E-state index in [0.717, 1.165) is 19.4 Å². The molecule has 0 aliphatic heterocycles. The summed E-state index contributed by atoms with van der Waals surface area (Å²) < 4.78 is 0. The van der Waals surface area contributed by atoms with Crippen molar-refractivity contribution in [1.82, 2.24) is 5.32 Å². The zero-order valence-corrected chi connectivity index (χ0v) is 9.47. The molecule has 0 rings (SSSR count). The second-order valence-corrected chi connectivity index (χ2v) is 3.80. The first-order valence-corrected chi connectivity index (χ1v) is 5.28. The molecule has 0 saturated carbocycles. The lowest BCUT2D eigenvalue weighted by molar-refractivity contribution is 0.294. The minimum atomic E-state index is 0.211. The van der Waals surface area contributed by atoms with Crippen molar-refractivity contribution in [3.8, 4) is 0 Å². The standard InChI is InChI=1S/C12H23NO/c1-11(2)6-4-5-7-12(3)10-13-8-9-14/h7,13-14H,1,4-6,8-10H2,2-3H3/b12-7+. The lowest BCUT2D eigenvalue weighted by atomic mass is 10.1. The van der Waals surface area contributed by atoms with E-state index < -0.39 is 0 Å². The fourth-order valence-electron chi connectivity index (χ4n) is 1.19. The fourth-order valence-corrected chi connectivity index (χ4v) is 1.19. The molecule has 0 aromatic carbocycles. The molecule has 2 nitrogen and oxygen atoms in total. The first kappa shape index (κ1) is 13.4. The Balaban J connectivity index is 3.41. The third-order valence-electron chi connectivity index (χ3n) is 1.99. The van der Waals surface area contributed by atoms with Crippen molar-refractivity contribution >= 4 is 0 Å². The lowest BCUT2D eigenvalue weighted by Crippen LogP contribution is -2.19. The van der Waals surface area contributed by atoms with Crippen LogP contribution in [0.5, 0.6) is 0 Å². The maximum Gasteiger partial charge on any atom is 0.0556 e. The van der Waals surface area contributed by atoms with E-state index in [1.54, 1.807) is 0 Å². The van der Waals surface area contributed by atoms with E-state index in [1.165, 1.54) is 17.6 Å². The summed E-state index contributed by atoms with van der Waals surface area (Å²) in [4.78, 5) is 0. The highest BCUT2D eigenvalue weighted by molar-refractivity contribution is 5.00. The smallest absolute Gasteiger partial charge is 0.0556 e. The number of aliphatic hydroxyl groups excluding tert-OH is 1. The summed E-state index contributed by atoms with van der Waals surface area (Å²) >= 11 is 0.